The summed E-state index contributed by atoms with van der Waals surface area (Å²) in [6.45, 7) is 1.60. The topological polar surface area (TPSA) is 63.6 Å². The summed E-state index contributed by atoms with van der Waals surface area (Å²) in [7, 11) is 0. The van der Waals surface area contributed by atoms with Gasteiger partial charge in [0.15, 0.2) is 6.61 Å². The normalized spacial score (nSPS) is 26.9. The first-order valence-corrected chi connectivity index (χ1v) is 4.98. The van der Waals surface area contributed by atoms with Gasteiger partial charge in [-0.2, -0.15) is 0 Å². The number of ether oxygens (including phenoxy) is 1. The standard InChI is InChI=1S/C10H16O4/c1-7-3-2-4-8(5-7)10(13)14-6-9(11)12/h7-8H,2-6H2,1H3,(H,11,12). The van der Waals surface area contributed by atoms with E-state index in [9.17, 15) is 9.59 Å². The van der Waals surface area contributed by atoms with Crippen LogP contribution in [0.2, 0.25) is 0 Å². The molecule has 80 valence electrons. The molecular weight excluding hydrogens is 184 g/mol. The number of hydrogen-bond acceptors (Lipinski definition) is 3. The maximum absolute atomic E-state index is 11.4. The van der Waals surface area contributed by atoms with E-state index in [0.717, 1.165) is 25.7 Å². The van der Waals surface area contributed by atoms with Gasteiger partial charge in [-0.15, -0.1) is 0 Å². The Bertz CT molecular complexity index is 224. The smallest absolute Gasteiger partial charge is 0.341 e. The van der Waals surface area contributed by atoms with Gasteiger partial charge in [0.1, 0.15) is 0 Å². The van der Waals surface area contributed by atoms with Crippen molar-refractivity contribution in [2.75, 3.05) is 6.61 Å². The molecule has 2 atom stereocenters. The molecule has 0 saturated heterocycles. The third-order valence-corrected chi connectivity index (χ3v) is 2.61. The number of carbonyl (C=O) groups is 2. The van der Waals surface area contributed by atoms with Gasteiger partial charge in [-0.25, -0.2) is 4.79 Å². The number of carboxylic acid groups (broad SMARTS) is 1. The second kappa shape index (κ2) is 4.98. The van der Waals surface area contributed by atoms with Crippen molar-refractivity contribution >= 4 is 11.9 Å². The van der Waals surface area contributed by atoms with E-state index in [4.69, 9.17) is 5.11 Å². The van der Waals surface area contributed by atoms with Crippen molar-refractivity contribution in [2.24, 2.45) is 11.8 Å². The number of carboxylic acids is 1. The zero-order valence-electron chi connectivity index (χ0n) is 8.36. The number of esters is 1. The molecule has 0 aromatic heterocycles. The SMILES string of the molecule is CC1CCCC(C(=O)OCC(=O)O)C1. The van der Waals surface area contributed by atoms with Crippen molar-refractivity contribution in [1.82, 2.24) is 0 Å². The highest BCUT2D eigenvalue weighted by molar-refractivity contribution is 5.76. The molecule has 4 heteroatoms. The van der Waals surface area contributed by atoms with Gasteiger partial charge in [0.25, 0.3) is 0 Å². The Morgan fingerprint density at radius 2 is 2.14 bits per heavy atom. The lowest BCUT2D eigenvalue weighted by Gasteiger charge is -2.24. The molecule has 14 heavy (non-hydrogen) atoms. The predicted octanol–water partition coefficient (Wildman–Crippen LogP) is 1.44. The molecule has 0 bridgehead atoms. The highest BCUT2D eigenvalue weighted by Crippen LogP contribution is 2.29. The summed E-state index contributed by atoms with van der Waals surface area (Å²) >= 11 is 0. The first kappa shape index (κ1) is 11.0. The zero-order chi connectivity index (χ0) is 10.6. The number of aliphatic carboxylic acids is 1. The molecule has 1 N–H and O–H groups in total. The van der Waals surface area contributed by atoms with Crippen LogP contribution in [0, 0.1) is 11.8 Å². The number of carbonyl (C=O) groups excluding carboxylic acids is 1. The van der Waals surface area contributed by atoms with Crippen LogP contribution in [0.1, 0.15) is 32.6 Å². The number of rotatable bonds is 3. The molecule has 0 aromatic rings. The van der Waals surface area contributed by atoms with Crippen molar-refractivity contribution < 1.29 is 19.4 Å². The van der Waals surface area contributed by atoms with Crippen LogP contribution < -0.4 is 0 Å². The summed E-state index contributed by atoms with van der Waals surface area (Å²) in [5, 5.41) is 8.34. The largest absolute Gasteiger partial charge is 0.479 e. The molecule has 0 spiro atoms. The van der Waals surface area contributed by atoms with Crippen LogP contribution in [0.15, 0.2) is 0 Å². The van der Waals surface area contributed by atoms with Gasteiger partial charge in [0, 0.05) is 0 Å². The monoisotopic (exact) mass is 200 g/mol. The second-order valence-electron chi connectivity index (χ2n) is 3.97. The Morgan fingerprint density at radius 1 is 1.43 bits per heavy atom. The lowest BCUT2D eigenvalue weighted by Crippen LogP contribution is -2.25. The van der Waals surface area contributed by atoms with Gasteiger partial charge in [-0.1, -0.05) is 19.8 Å². The molecule has 0 aliphatic heterocycles. The van der Waals surface area contributed by atoms with E-state index in [1.54, 1.807) is 0 Å². The summed E-state index contributed by atoms with van der Waals surface area (Å²) in [5.74, 6) is -0.981. The highest BCUT2D eigenvalue weighted by atomic mass is 16.5. The van der Waals surface area contributed by atoms with E-state index in [1.807, 2.05) is 0 Å². The van der Waals surface area contributed by atoms with Gasteiger partial charge in [0.05, 0.1) is 5.92 Å². The fourth-order valence-electron chi connectivity index (χ4n) is 1.90. The minimum atomic E-state index is -1.10. The minimum absolute atomic E-state index is 0.0851. The van der Waals surface area contributed by atoms with Crippen molar-refractivity contribution in [3.8, 4) is 0 Å². The molecule has 1 aliphatic rings. The summed E-state index contributed by atoms with van der Waals surface area (Å²) in [6.07, 6.45) is 3.86. The van der Waals surface area contributed by atoms with Crippen LogP contribution in [0.4, 0.5) is 0 Å². The van der Waals surface area contributed by atoms with Gasteiger partial charge >= 0.3 is 11.9 Å². The first-order valence-electron chi connectivity index (χ1n) is 4.98. The van der Waals surface area contributed by atoms with Crippen molar-refractivity contribution in [3.63, 3.8) is 0 Å². The van der Waals surface area contributed by atoms with E-state index < -0.39 is 12.6 Å². The van der Waals surface area contributed by atoms with E-state index in [0.29, 0.717) is 5.92 Å². The summed E-state index contributed by atoms with van der Waals surface area (Å²) in [6, 6.07) is 0. The molecule has 1 rings (SSSR count). The van der Waals surface area contributed by atoms with Crippen LogP contribution in [0.25, 0.3) is 0 Å². The van der Waals surface area contributed by atoms with E-state index in [2.05, 4.69) is 11.7 Å². The molecule has 2 unspecified atom stereocenters. The Labute approximate surface area is 83.2 Å². The van der Waals surface area contributed by atoms with Crippen LogP contribution >= 0.6 is 0 Å². The molecule has 1 saturated carbocycles. The quantitative estimate of drug-likeness (QED) is 0.700. The van der Waals surface area contributed by atoms with E-state index >= 15 is 0 Å². The Morgan fingerprint density at radius 3 is 2.71 bits per heavy atom. The van der Waals surface area contributed by atoms with Gasteiger partial charge in [-0.05, 0) is 18.8 Å². The molecule has 0 heterocycles. The Balaban J connectivity index is 2.32. The van der Waals surface area contributed by atoms with Crippen molar-refractivity contribution in [1.29, 1.82) is 0 Å². The molecule has 1 fully saturated rings. The molecule has 1 aliphatic carbocycles. The molecular formula is C10H16O4. The summed E-state index contributed by atoms with van der Waals surface area (Å²) in [4.78, 5) is 21.5. The summed E-state index contributed by atoms with van der Waals surface area (Å²) in [5.41, 5.74) is 0. The van der Waals surface area contributed by atoms with Crippen molar-refractivity contribution in [2.45, 2.75) is 32.6 Å². The van der Waals surface area contributed by atoms with E-state index in [-0.39, 0.29) is 11.9 Å². The third kappa shape index (κ3) is 3.36. The van der Waals surface area contributed by atoms with Gasteiger partial charge in [0.2, 0.25) is 0 Å². The Kier molecular flexibility index (Phi) is 3.92. The van der Waals surface area contributed by atoms with Crippen LogP contribution in [-0.4, -0.2) is 23.7 Å². The van der Waals surface area contributed by atoms with E-state index in [1.165, 1.54) is 0 Å². The molecule has 4 nitrogen and oxygen atoms in total. The van der Waals surface area contributed by atoms with Crippen molar-refractivity contribution in [3.05, 3.63) is 0 Å². The first-order chi connectivity index (χ1) is 6.59. The zero-order valence-corrected chi connectivity index (χ0v) is 8.36. The summed E-state index contributed by atoms with van der Waals surface area (Å²) < 4.78 is 4.65. The lowest BCUT2D eigenvalue weighted by molar-refractivity contribution is -0.159. The maximum Gasteiger partial charge on any atom is 0.341 e. The fraction of sp³-hybridized carbons (Fsp3) is 0.800. The third-order valence-electron chi connectivity index (χ3n) is 2.61. The van der Waals surface area contributed by atoms with Gasteiger partial charge in [-0.3, -0.25) is 4.79 Å². The predicted molar refractivity (Wildman–Crippen MR) is 49.7 cm³/mol. The van der Waals surface area contributed by atoms with Gasteiger partial charge < -0.3 is 9.84 Å². The highest BCUT2D eigenvalue weighted by Gasteiger charge is 2.26. The average molecular weight is 200 g/mol. The fourth-order valence-corrected chi connectivity index (χ4v) is 1.90. The lowest BCUT2D eigenvalue weighted by atomic mass is 9.82. The minimum Gasteiger partial charge on any atom is -0.479 e. The van der Waals surface area contributed by atoms with Crippen LogP contribution in [0.5, 0.6) is 0 Å². The second-order valence-corrected chi connectivity index (χ2v) is 3.97. The molecule has 0 aromatic carbocycles. The maximum atomic E-state index is 11.4. The Hall–Kier alpha value is -1.06. The van der Waals surface area contributed by atoms with Crippen LogP contribution in [-0.2, 0) is 14.3 Å². The molecule has 0 amide bonds. The number of hydrogen-bond donors (Lipinski definition) is 1. The molecule has 0 radical (unpaired) electrons. The van der Waals surface area contributed by atoms with Crippen LogP contribution in [0.3, 0.4) is 0 Å². The average Bonchev–Trinajstić information content (AvgIpc) is 2.14.